The number of rotatable bonds is 8. The molecule has 0 fully saturated rings. The molecule has 0 saturated carbocycles. The number of benzene rings is 1. The van der Waals surface area contributed by atoms with Gasteiger partial charge < -0.3 is 10.4 Å². The Morgan fingerprint density at radius 3 is 2.72 bits per heavy atom. The van der Waals surface area contributed by atoms with E-state index in [-0.39, 0.29) is 18.4 Å². The SMILES string of the molecule is CCSCCC(=O)NC[C@H](CO)c1ccccc1. The van der Waals surface area contributed by atoms with Gasteiger partial charge in [0.2, 0.25) is 5.91 Å². The molecule has 3 nitrogen and oxygen atoms in total. The minimum Gasteiger partial charge on any atom is -0.396 e. The molecule has 0 heterocycles. The summed E-state index contributed by atoms with van der Waals surface area (Å²) in [5.74, 6) is 1.94. The Kier molecular flexibility index (Phi) is 7.53. The Bertz CT molecular complexity index is 343. The molecule has 0 aliphatic rings. The molecule has 4 heteroatoms. The Morgan fingerprint density at radius 2 is 2.11 bits per heavy atom. The average molecular weight is 267 g/mol. The predicted molar refractivity (Wildman–Crippen MR) is 76.9 cm³/mol. The van der Waals surface area contributed by atoms with Crippen molar-refractivity contribution in [2.45, 2.75) is 19.3 Å². The lowest BCUT2D eigenvalue weighted by Crippen LogP contribution is -2.29. The summed E-state index contributed by atoms with van der Waals surface area (Å²) in [6.45, 7) is 2.63. The predicted octanol–water partition coefficient (Wildman–Crippen LogP) is 2.02. The van der Waals surface area contributed by atoms with Gasteiger partial charge in [-0.15, -0.1) is 0 Å². The van der Waals surface area contributed by atoms with Crippen molar-refractivity contribution < 1.29 is 9.90 Å². The lowest BCUT2D eigenvalue weighted by molar-refractivity contribution is -0.120. The molecular weight excluding hydrogens is 246 g/mol. The van der Waals surface area contributed by atoms with Crippen LogP contribution in [0.5, 0.6) is 0 Å². The molecule has 1 rings (SSSR count). The molecule has 1 atom stereocenters. The first-order valence-corrected chi connectivity index (χ1v) is 7.43. The summed E-state index contributed by atoms with van der Waals surface area (Å²) in [7, 11) is 0. The van der Waals surface area contributed by atoms with E-state index < -0.39 is 0 Å². The van der Waals surface area contributed by atoms with Crippen molar-refractivity contribution >= 4 is 17.7 Å². The molecule has 2 N–H and O–H groups in total. The summed E-state index contributed by atoms with van der Waals surface area (Å²) in [5, 5.41) is 12.2. The first-order valence-electron chi connectivity index (χ1n) is 6.28. The number of carbonyl (C=O) groups is 1. The molecule has 0 bridgehead atoms. The van der Waals surface area contributed by atoms with Gasteiger partial charge in [0.1, 0.15) is 0 Å². The monoisotopic (exact) mass is 267 g/mol. The third-order valence-electron chi connectivity index (χ3n) is 2.71. The van der Waals surface area contributed by atoms with E-state index in [1.54, 1.807) is 11.8 Å². The van der Waals surface area contributed by atoms with Crippen LogP contribution < -0.4 is 5.32 Å². The Hall–Kier alpha value is -1.00. The van der Waals surface area contributed by atoms with Gasteiger partial charge in [-0.1, -0.05) is 37.3 Å². The van der Waals surface area contributed by atoms with Crippen molar-refractivity contribution in [3.63, 3.8) is 0 Å². The van der Waals surface area contributed by atoms with Gasteiger partial charge in [0, 0.05) is 24.6 Å². The first-order chi connectivity index (χ1) is 8.77. The van der Waals surface area contributed by atoms with Crippen LogP contribution in [-0.2, 0) is 4.79 Å². The van der Waals surface area contributed by atoms with Gasteiger partial charge in [0.05, 0.1) is 6.61 Å². The topological polar surface area (TPSA) is 49.3 Å². The minimum atomic E-state index is -0.0195. The lowest BCUT2D eigenvalue weighted by Gasteiger charge is -2.15. The van der Waals surface area contributed by atoms with Crippen molar-refractivity contribution in [2.75, 3.05) is 24.7 Å². The number of aliphatic hydroxyl groups is 1. The molecule has 1 amide bonds. The lowest BCUT2D eigenvalue weighted by atomic mass is 10.0. The Balaban J connectivity index is 2.34. The normalized spacial score (nSPS) is 12.1. The first kappa shape index (κ1) is 15.1. The highest BCUT2D eigenvalue weighted by molar-refractivity contribution is 7.99. The molecule has 0 saturated heterocycles. The summed E-state index contributed by atoms with van der Waals surface area (Å²) in [6.07, 6.45) is 0.547. The van der Waals surface area contributed by atoms with Gasteiger partial charge in [0.15, 0.2) is 0 Å². The van der Waals surface area contributed by atoms with E-state index in [1.807, 2.05) is 30.3 Å². The fourth-order valence-corrected chi connectivity index (χ4v) is 2.27. The van der Waals surface area contributed by atoms with Crippen LogP contribution in [0, 0.1) is 0 Å². The fourth-order valence-electron chi connectivity index (χ4n) is 1.65. The zero-order chi connectivity index (χ0) is 13.2. The average Bonchev–Trinajstić information content (AvgIpc) is 2.41. The van der Waals surface area contributed by atoms with Crippen molar-refractivity contribution in [2.24, 2.45) is 0 Å². The number of amides is 1. The molecule has 0 spiro atoms. The molecular formula is C14H21NO2S. The zero-order valence-electron chi connectivity index (χ0n) is 10.8. The van der Waals surface area contributed by atoms with Crippen LogP contribution >= 0.6 is 11.8 Å². The summed E-state index contributed by atoms with van der Waals surface area (Å²) in [4.78, 5) is 11.6. The molecule has 0 radical (unpaired) electrons. The summed E-state index contributed by atoms with van der Waals surface area (Å²) >= 11 is 1.76. The van der Waals surface area contributed by atoms with Crippen molar-refractivity contribution in [3.8, 4) is 0 Å². The van der Waals surface area contributed by atoms with E-state index in [2.05, 4.69) is 12.2 Å². The van der Waals surface area contributed by atoms with Crippen LogP contribution in [0.3, 0.4) is 0 Å². The molecule has 18 heavy (non-hydrogen) atoms. The highest BCUT2D eigenvalue weighted by Crippen LogP contribution is 2.13. The van der Waals surface area contributed by atoms with Crippen molar-refractivity contribution in [1.29, 1.82) is 0 Å². The maximum atomic E-state index is 11.6. The van der Waals surface area contributed by atoms with Crippen molar-refractivity contribution in [3.05, 3.63) is 35.9 Å². The molecule has 0 aromatic heterocycles. The van der Waals surface area contributed by atoms with Crippen LogP contribution in [0.4, 0.5) is 0 Å². The number of hydrogen-bond acceptors (Lipinski definition) is 3. The van der Waals surface area contributed by atoms with Gasteiger partial charge in [-0.25, -0.2) is 0 Å². The van der Waals surface area contributed by atoms with Gasteiger partial charge in [-0.3, -0.25) is 4.79 Å². The number of aliphatic hydroxyl groups excluding tert-OH is 1. The summed E-state index contributed by atoms with van der Waals surface area (Å²) in [6, 6.07) is 9.77. The largest absolute Gasteiger partial charge is 0.396 e. The van der Waals surface area contributed by atoms with Gasteiger partial charge in [-0.05, 0) is 11.3 Å². The van der Waals surface area contributed by atoms with Crippen LogP contribution in [0.1, 0.15) is 24.8 Å². The number of carbonyl (C=O) groups excluding carboxylic acids is 1. The van der Waals surface area contributed by atoms with E-state index in [1.165, 1.54) is 0 Å². The zero-order valence-corrected chi connectivity index (χ0v) is 11.6. The maximum Gasteiger partial charge on any atom is 0.220 e. The second kappa shape index (κ2) is 9.00. The fraction of sp³-hybridized carbons (Fsp3) is 0.500. The van der Waals surface area contributed by atoms with E-state index in [4.69, 9.17) is 0 Å². The molecule has 0 aliphatic carbocycles. The van der Waals surface area contributed by atoms with Gasteiger partial charge in [0.25, 0.3) is 0 Å². The van der Waals surface area contributed by atoms with Crippen LogP contribution in [0.15, 0.2) is 30.3 Å². The molecule has 0 aliphatic heterocycles. The number of hydrogen-bond donors (Lipinski definition) is 2. The number of thioether (sulfide) groups is 1. The van der Waals surface area contributed by atoms with Crippen LogP contribution in [0.2, 0.25) is 0 Å². The van der Waals surface area contributed by atoms with Crippen molar-refractivity contribution in [1.82, 2.24) is 5.32 Å². The van der Waals surface area contributed by atoms with Crippen LogP contribution in [0.25, 0.3) is 0 Å². The third kappa shape index (κ3) is 5.56. The second-order valence-corrected chi connectivity index (χ2v) is 5.44. The number of nitrogens with one attached hydrogen (secondary N) is 1. The standard InChI is InChI=1S/C14H21NO2S/c1-2-18-9-8-14(17)15-10-13(11-16)12-6-4-3-5-7-12/h3-7,13,16H,2,8-11H2,1H3,(H,15,17)/t13-/m1/s1. The van der Waals surface area contributed by atoms with Gasteiger partial charge in [-0.2, -0.15) is 11.8 Å². The second-order valence-electron chi connectivity index (χ2n) is 4.04. The van der Waals surface area contributed by atoms with Gasteiger partial charge >= 0.3 is 0 Å². The third-order valence-corrected chi connectivity index (χ3v) is 3.62. The molecule has 0 unspecified atom stereocenters. The molecule has 1 aromatic rings. The smallest absolute Gasteiger partial charge is 0.220 e. The molecule has 1 aromatic carbocycles. The van der Waals surface area contributed by atoms with E-state index >= 15 is 0 Å². The van der Waals surface area contributed by atoms with E-state index in [9.17, 15) is 9.90 Å². The minimum absolute atomic E-state index is 0.0195. The maximum absolute atomic E-state index is 11.6. The summed E-state index contributed by atoms with van der Waals surface area (Å²) in [5.41, 5.74) is 1.06. The summed E-state index contributed by atoms with van der Waals surface area (Å²) < 4.78 is 0. The van der Waals surface area contributed by atoms with Crippen LogP contribution in [-0.4, -0.2) is 35.7 Å². The highest BCUT2D eigenvalue weighted by Gasteiger charge is 2.11. The Labute approximate surface area is 113 Å². The highest BCUT2D eigenvalue weighted by atomic mass is 32.2. The Morgan fingerprint density at radius 1 is 1.39 bits per heavy atom. The van der Waals surface area contributed by atoms with E-state index in [0.717, 1.165) is 17.1 Å². The quantitative estimate of drug-likeness (QED) is 0.709. The molecule has 100 valence electrons. The van der Waals surface area contributed by atoms with E-state index in [0.29, 0.717) is 13.0 Å².